The summed E-state index contributed by atoms with van der Waals surface area (Å²) in [6.07, 6.45) is 0. The molecule has 1 aromatic carbocycles. The van der Waals surface area contributed by atoms with E-state index in [4.69, 9.17) is 11.6 Å². The van der Waals surface area contributed by atoms with E-state index >= 15 is 0 Å². The molecular formula is C12H5ClF2N2S. The minimum Gasteiger partial charge on any atom is -0.224 e. The Hall–Kier alpha value is -1.59. The summed E-state index contributed by atoms with van der Waals surface area (Å²) < 4.78 is 26.8. The lowest BCUT2D eigenvalue weighted by molar-refractivity contribution is 0.590. The molecule has 3 rings (SSSR count). The van der Waals surface area contributed by atoms with E-state index in [1.165, 1.54) is 11.3 Å². The summed E-state index contributed by atoms with van der Waals surface area (Å²) in [5.41, 5.74) is 0.0276. The molecule has 0 atom stereocenters. The van der Waals surface area contributed by atoms with E-state index in [-0.39, 0.29) is 16.1 Å². The first kappa shape index (κ1) is 11.5. The van der Waals surface area contributed by atoms with Gasteiger partial charge in [-0.25, -0.2) is 18.7 Å². The van der Waals surface area contributed by atoms with Crippen molar-refractivity contribution in [1.29, 1.82) is 0 Å². The molecule has 0 aliphatic rings. The van der Waals surface area contributed by atoms with Crippen LogP contribution in [0, 0.1) is 11.6 Å². The van der Waals surface area contributed by atoms with Crippen LogP contribution >= 0.6 is 22.9 Å². The monoisotopic (exact) mass is 282 g/mol. The number of rotatable bonds is 1. The third-order valence-corrected chi connectivity index (χ3v) is 3.57. The summed E-state index contributed by atoms with van der Waals surface area (Å²) in [6.45, 7) is 0. The third-order valence-electron chi connectivity index (χ3n) is 2.41. The summed E-state index contributed by atoms with van der Waals surface area (Å²) in [6, 6.07) is 5.55. The van der Waals surface area contributed by atoms with Gasteiger partial charge in [-0.1, -0.05) is 17.7 Å². The first-order valence-corrected chi connectivity index (χ1v) is 6.27. The van der Waals surface area contributed by atoms with Crippen molar-refractivity contribution in [3.63, 3.8) is 0 Å². The number of aromatic nitrogens is 2. The SMILES string of the molecule is Fc1cc(F)c2nc(-c3cccs3)nc(Cl)c2c1. The zero-order chi connectivity index (χ0) is 12.7. The summed E-state index contributed by atoms with van der Waals surface area (Å²) in [7, 11) is 0. The van der Waals surface area contributed by atoms with Gasteiger partial charge in [-0.3, -0.25) is 0 Å². The van der Waals surface area contributed by atoms with E-state index < -0.39 is 11.6 Å². The first-order chi connectivity index (χ1) is 8.65. The highest BCUT2D eigenvalue weighted by Crippen LogP contribution is 2.29. The van der Waals surface area contributed by atoms with Gasteiger partial charge in [0, 0.05) is 11.5 Å². The van der Waals surface area contributed by atoms with Crippen molar-refractivity contribution in [2.24, 2.45) is 0 Å². The fourth-order valence-electron chi connectivity index (χ4n) is 1.64. The van der Waals surface area contributed by atoms with E-state index in [9.17, 15) is 8.78 Å². The van der Waals surface area contributed by atoms with Gasteiger partial charge < -0.3 is 0 Å². The van der Waals surface area contributed by atoms with Crippen LogP contribution in [0.1, 0.15) is 0 Å². The number of thiophene rings is 1. The maximum Gasteiger partial charge on any atom is 0.171 e. The molecular weight excluding hydrogens is 278 g/mol. The van der Waals surface area contributed by atoms with Crippen LogP contribution in [0.15, 0.2) is 29.6 Å². The van der Waals surface area contributed by atoms with Crippen molar-refractivity contribution in [3.8, 4) is 10.7 Å². The Morgan fingerprint density at radius 3 is 2.72 bits per heavy atom. The fraction of sp³-hybridized carbons (Fsp3) is 0. The minimum atomic E-state index is -0.743. The standard InChI is InChI=1S/C12H5ClF2N2S/c13-11-7-4-6(14)5-8(15)10(7)16-12(17-11)9-2-1-3-18-9/h1-5H. The van der Waals surface area contributed by atoms with Crippen LogP contribution in [-0.4, -0.2) is 9.97 Å². The molecule has 0 radical (unpaired) electrons. The van der Waals surface area contributed by atoms with Gasteiger partial charge in [0.05, 0.1) is 4.88 Å². The molecule has 0 N–H and O–H groups in total. The van der Waals surface area contributed by atoms with Crippen molar-refractivity contribution in [3.05, 3.63) is 46.4 Å². The van der Waals surface area contributed by atoms with Gasteiger partial charge in [-0.15, -0.1) is 11.3 Å². The van der Waals surface area contributed by atoms with Crippen molar-refractivity contribution in [2.45, 2.75) is 0 Å². The zero-order valence-electron chi connectivity index (χ0n) is 8.82. The van der Waals surface area contributed by atoms with Crippen molar-refractivity contribution in [2.75, 3.05) is 0 Å². The van der Waals surface area contributed by atoms with Crippen LogP contribution < -0.4 is 0 Å². The summed E-state index contributed by atoms with van der Waals surface area (Å²) in [5, 5.41) is 2.08. The average molecular weight is 283 g/mol. The first-order valence-electron chi connectivity index (χ1n) is 5.01. The van der Waals surface area contributed by atoms with Crippen LogP contribution in [-0.2, 0) is 0 Å². The summed E-state index contributed by atoms with van der Waals surface area (Å²) in [4.78, 5) is 8.93. The summed E-state index contributed by atoms with van der Waals surface area (Å²) >= 11 is 7.37. The van der Waals surface area contributed by atoms with Gasteiger partial charge in [0.1, 0.15) is 16.5 Å². The number of nitrogens with zero attached hydrogens (tertiary/aromatic N) is 2. The van der Waals surface area contributed by atoms with Crippen LogP contribution in [0.5, 0.6) is 0 Å². The predicted octanol–water partition coefficient (Wildman–Crippen LogP) is 4.29. The molecule has 2 nitrogen and oxygen atoms in total. The molecule has 90 valence electrons. The second-order valence-corrected chi connectivity index (χ2v) is 4.90. The van der Waals surface area contributed by atoms with E-state index in [0.29, 0.717) is 5.82 Å². The van der Waals surface area contributed by atoms with E-state index in [0.717, 1.165) is 17.0 Å². The molecule has 0 saturated heterocycles. The minimum absolute atomic E-state index is 0.0276. The highest BCUT2D eigenvalue weighted by Gasteiger charge is 2.13. The van der Waals surface area contributed by atoms with E-state index in [1.54, 1.807) is 0 Å². The highest BCUT2D eigenvalue weighted by atomic mass is 35.5. The van der Waals surface area contributed by atoms with Gasteiger partial charge in [0.15, 0.2) is 11.6 Å². The quantitative estimate of drug-likeness (QED) is 0.622. The Morgan fingerprint density at radius 1 is 1.17 bits per heavy atom. The number of hydrogen-bond acceptors (Lipinski definition) is 3. The Balaban J connectivity index is 2.34. The van der Waals surface area contributed by atoms with Crippen molar-refractivity contribution < 1.29 is 8.78 Å². The molecule has 0 amide bonds. The summed E-state index contributed by atoms with van der Waals surface area (Å²) in [5.74, 6) is -1.10. The molecule has 0 aliphatic heterocycles. The highest BCUT2D eigenvalue weighted by molar-refractivity contribution is 7.13. The van der Waals surface area contributed by atoms with Crippen molar-refractivity contribution in [1.82, 2.24) is 9.97 Å². The topological polar surface area (TPSA) is 25.8 Å². The number of fused-ring (bicyclic) bond motifs is 1. The van der Waals surface area contributed by atoms with Gasteiger partial charge in [-0.2, -0.15) is 0 Å². The fourth-order valence-corrected chi connectivity index (χ4v) is 2.52. The predicted molar refractivity (Wildman–Crippen MR) is 67.8 cm³/mol. The molecule has 3 aromatic rings. The molecule has 0 fully saturated rings. The number of hydrogen-bond donors (Lipinski definition) is 0. The van der Waals surface area contributed by atoms with Gasteiger partial charge >= 0.3 is 0 Å². The maximum absolute atomic E-state index is 13.7. The van der Waals surface area contributed by atoms with Gasteiger partial charge in [0.2, 0.25) is 0 Å². The third kappa shape index (κ3) is 1.85. The van der Waals surface area contributed by atoms with Gasteiger partial charge in [0.25, 0.3) is 0 Å². The van der Waals surface area contributed by atoms with Crippen molar-refractivity contribution >= 4 is 33.8 Å². The van der Waals surface area contributed by atoms with E-state index in [2.05, 4.69) is 9.97 Å². The Labute approximate surface area is 110 Å². The average Bonchev–Trinajstić information content (AvgIpc) is 2.83. The smallest absolute Gasteiger partial charge is 0.171 e. The zero-order valence-corrected chi connectivity index (χ0v) is 10.4. The Bertz CT molecular complexity index is 729. The molecule has 0 saturated carbocycles. The molecule has 2 heterocycles. The van der Waals surface area contributed by atoms with Crippen LogP contribution in [0.25, 0.3) is 21.6 Å². The Morgan fingerprint density at radius 2 is 2.00 bits per heavy atom. The lowest BCUT2D eigenvalue weighted by Gasteiger charge is -2.04. The molecule has 6 heteroatoms. The second-order valence-electron chi connectivity index (χ2n) is 3.60. The maximum atomic E-state index is 13.7. The lowest BCUT2D eigenvalue weighted by atomic mass is 10.2. The number of halogens is 3. The van der Waals surface area contributed by atoms with Gasteiger partial charge in [-0.05, 0) is 17.5 Å². The number of benzene rings is 1. The Kier molecular flexibility index (Phi) is 2.72. The van der Waals surface area contributed by atoms with Crippen LogP contribution in [0.2, 0.25) is 5.15 Å². The molecule has 0 bridgehead atoms. The molecule has 0 spiro atoms. The van der Waals surface area contributed by atoms with Crippen LogP contribution in [0.3, 0.4) is 0 Å². The largest absolute Gasteiger partial charge is 0.224 e. The van der Waals surface area contributed by atoms with E-state index in [1.807, 2.05) is 17.5 Å². The molecule has 2 aromatic heterocycles. The normalized spacial score (nSPS) is 11.1. The lowest BCUT2D eigenvalue weighted by Crippen LogP contribution is -1.94. The molecule has 0 unspecified atom stereocenters. The molecule has 0 aliphatic carbocycles. The second kappa shape index (κ2) is 4.26. The molecule has 18 heavy (non-hydrogen) atoms. The van der Waals surface area contributed by atoms with Crippen LogP contribution in [0.4, 0.5) is 8.78 Å².